The SMILES string of the molecule is Nc1c(Br)c(N2CCC3NC(=O)NC3C2)nc2c(-c3cnc4ccccc4c3)cnn12. The molecule has 0 aliphatic carbocycles. The summed E-state index contributed by atoms with van der Waals surface area (Å²) in [6.45, 7) is 1.43. The average molecular weight is 479 g/mol. The Hall–Kier alpha value is -3.40. The highest BCUT2D eigenvalue weighted by molar-refractivity contribution is 9.10. The van der Waals surface area contributed by atoms with E-state index in [0.717, 1.165) is 40.8 Å². The predicted molar refractivity (Wildman–Crippen MR) is 122 cm³/mol. The zero-order valence-corrected chi connectivity index (χ0v) is 18.0. The summed E-state index contributed by atoms with van der Waals surface area (Å²) in [7, 11) is 0. The van der Waals surface area contributed by atoms with Crippen LogP contribution in [-0.4, -0.2) is 50.8 Å². The van der Waals surface area contributed by atoms with Gasteiger partial charge in [0.1, 0.15) is 16.1 Å². The fourth-order valence-corrected chi connectivity index (χ4v) is 4.96. The Morgan fingerprint density at radius 2 is 2.00 bits per heavy atom. The van der Waals surface area contributed by atoms with Gasteiger partial charge in [0.15, 0.2) is 5.65 Å². The van der Waals surface area contributed by atoms with Crippen molar-refractivity contribution in [2.24, 2.45) is 0 Å². The number of nitrogens with zero attached hydrogens (tertiary/aromatic N) is 5. The Labute approximate surface area is 185 Å². The number of halogens is 1. The maximum absolute atomic E-state index is 11.7. The molecule has 1 aromatic carbocycles. The first kappa shape index (κ1) is 18.4. The van der Waals surface area contributed by atoms with Crippen LogP contribution in [0.3, 0.4) is 0 Å². The second-order valence-corrected chi connectivity index (χ2v) is 8.70. The van der Waals surface area contributed by atoms with Gasteiger partial charge in [0.2, 0.25) is 0 Å². The third kappa shape index (κ3) is 2.89. The van der Waals surface area contributed by atoms with Crippen LogP contribution in [0.15, 0.2) is 47.2 Å². The van der Waals surface area contributed by atoms with Crippen LogP contribution < -0.4 is 21.3 Å². The van der Waals surface area contributed by atoms with E-state index in [-0.39, 0.29) is 18.1 Å². The van der Waals surface area contributed by atoms with Crippen LogP contribution in [0.2, 0.25) is 0 Å². The summed E-state index contributed by atoms with van der Waals surface area (Å²) in [6.07, 6.45) is 4.45. The third-order valence-electron chi connectivity index (χ3n) is 6.05. The number of hydrogen-bond acceptors (Lipinski definition) is 6. The Morgan fingerprint density at radius 1 is 1.16 bits per heavy atom. The molecule has 3 aromatic heterocycles. The summed E-state index contributed by atoms with van der Waals surface area (Å²) in [4.78, 5) is 23.4. The number of nitrogen functional groups attached to an aromatic ring is 1. The lowest BCUT2D eigenvalue weighted by molar-refractivity contribution is 0.247. The maximum atomic E-state index is 11.7. The summed E-state index contributed by atoms with van der Waals surface area (Å²) < 4.78 is 2.34. The van der Waals surface area contributed by atoms with Gasteiger partial charge in [0, 0.05) is 35.8 Å². The zero-order valence-electron chi connectivity index (χ0n) is 16.4. The number of carbonyl (C=O) groups excluding carboxylic acids is 1. The normalized spacial score (nSPS) is 20.7. The van der Waals surface area contributed by atoms with Gasteiger partial charge in [-0.15, -0.1) is 0 Å². The molecule has 2 amide bonds. The van der Waals surface area contributed by atoms with Crippen molar-refractivity contribution in [3.63, 3.8) is 0 Å². The number of anilines is 2. The van der Waals surface area contributed by atoms with Crippen molar-refractivity contribution in [2.75, 3.05) is 23.7 Å². The number of amides is 2. The number of nitrogens with one attached hydrogen (secondary N) is 2. The molecule has 2 fully saturated rings. The van der Waals surface area contributed by atoms with Crippen LogP contribution in [0.5, 0.6) is 0 Å². The second kappa shape index (κ2) is 6.81. The van der Waals surface area contributed by atoms with Crippen LogP contribution in [0, 0.1) is 0 Å². The number of rotatable bonds is 2. The van der Waals surface area contributed by atoms with Gasteiger partial charge in [-0.3, -0.25) is 4.98 Å². The molecule has 2 unspecified atom stereocenters. The highest BCUT2D eigenvalue weighted by Crippen LogP contribution is 2.35. The second-order valence-electron chi connectivity index (χ2n) is 7.91. The first-order chi connectivity index (χ1) is 15.1. The number of hydrogen-bond donors (Lipinski definition) is 3. The van der Waals surface area contributed by atoms with E-state index in [2.05, 4.69) is 47.6 Å². The van der Waals surface area contributed by atoms with E-state index >= 15 is 0 Å². The number of carbonyl (C=O) groups is 1. The fraction of sp³-hybridized carbons (Fsp3) is 0.238. The number of pyridine rings is 1. The van der Waals surface area contributed by atoms with Crippen LogP contribution in [0.25, 0.3) is 27.7 Å². The van der Waals surface area contributed by atoms with Gasteiger partial charge in [0.25, 0.3) is 0 Å². The minimum absolute atomic E-state index is 0.0430. The predicted octanol–water partition coefficient (Wildman–Crippen LogP) is 2.55. The van der Waals surface area contributed by atoms with E-state index in [0.29, 0.717) is 22.5 Å². The van der Waals surface area contributed by atoms with Crippen molar-refractivity contribution in [3.8, 4) is 11.1 Å². The molecule has 2 saturated heterocycles. The average Bonchev–Trinajstić information content (AvgIpc) is 3.38. The van der Waals surface area contributed by atoms with Gasteiger partial charge in [-0.2, -0.15) is 9.61 Å². The van der Waals surface area contributed by atoms with Crippen molar-refractivity contribution < 1.29 is 4.79 Å². The first-order valence-electron chi connectivity index (χ1n) is 10.1. The lowest BCUT2D eigenvalue weighted by Gasteiger charge is -2.35. The Bertz CT molecular complexity index is 1350. The van der Waals surface area contributed by atoms with Crippen molar-refractivity contribution in [3.05, 3.63) is 47.2 Å². The Morgan fingerprint density at radius 3 is 2.90 bits per heavy atom. The largest absolute Gasteiger partial charge is 0.383 e. The summed E-state index contributed by atoms with van der Waals surface area (Å²) in [5, 5.41) is 11.5. The van der Waals surface area contributed by atoms with Gasteiger partial charge in [0.05, 0.1) is 23.8 Å². The molecule has 6 rings (SSSR count). The molecule has 2 aliphatic rings. The number of fused-ring (bicyclic) bond motifs is 3. The molecular weight excluding hydrogens is 460 g/mol. The Balaban J connectivity index is 1.45. The van der Waals surface area contributed by atoms with E-state index in [1.807, 2.05) is 30.5 Å². The summed E-state index contributed by atoms with van der Waals surface area (Å²) in [6, 6.07) is 10.2. The number of benzene rings is 1. The minimum Gasteiger partial charge on any atom is -0.383 e. The van der Waals surface area contributed by atoms with Crippen molar-refractivity contribution >= 4 is 50.1 Å². The molecule has 4 aromatic rings. The van der Waals surface area contributed by atoms with Crippen LogP contribution in [0.4, 0.5) is 16.4 Å². The number of nitrogens with two attached hydrogens (primary N) is 1. The molecule has 0 radical (unpaired) electrons. The lowest BCUT2D eigenvalue weighted by Crippen LogP contribution is -2.51. The van der Waals surface area contributed by atoms with Gasteiger partial charge < -0.3 is 21.3 Å². The minimum atomic E-state index is -0.110. The van der Waals surface area contributed by atoms with Crippen molar-refractivity contribution in [2.45, 2.75) is 18.5 Å². The zero-order chi connectivity index (χ0) is 21.1. The van der Waals surface area contributed by atoms with Crippen LogP contribution >= 0.6 is 15.9 Å². The van der Waals surface area contributed by atoms with Crippen LogP contribution in [0.1, 0.15) is 6.42 Å². The van der Waals surface area contributed by atoms with Crippen molar-refractivity contribution in [1.29, 1.82) is 0 Å². The molecule has 31 heavy (non-hydrogen) atoms. The molecule has 0 saturated carbocycles. The van der Waals surface area contributed by atoms with E-state index < -0.39 is 0 Å². The third-order valence-corrected chi connectivity index (χ3v) is 6.81. The first-order valence-corrected chi connectivity index (χ1v) is 10.9. The van der Waals surface area contributed by atoms with E-state index in [4.69, 9.17) is 10.7 Å². The molecule has 0 spiro atoms. The van der Waals surface area contributed by atoms with E-state index in [1.165, 1.54) is 0 Å². The molecule has 2 atom stereocenters. The van der Waals surface area contributed by atoms with Gasteiger partial charge >= 0.3 is 6.03 Å². The monoisotopic (exact) mass is 478 g/mol. The number of aromatic nitrogens is 4. The molecule has 156 valence electrons. The Kier molecular flexibility index (Phi) is 4.04. The van der Waals surface area contributed by atoms with Gasteiger partial charge in [-0.05, 0) is 34.5 Å². The fourth-order valence-electron chi connectivity index (χ4n) is 4.46. The summed E-state index contributed by atoms with van der Waals surface area (Å²) in [5.41, 5.74) is 9.83. The molecule has 10 heteroatoms. The molecule has 9 nitrogen and oxygen atoms in total. The molecule has 2 aliphatic heterocycles. The quantitative estimate of drug-likeness (QED) is 0.407. The smallest absolute Gasteiger partial charge is 0.315 e. The standard InChI is InChI=1S/C21H19BrN8O/c22-17-18(23)30-19(28-20(17)29-6-5-15-16(10-29)27-21(31)26-15)13(9-25-30)12-7-11-3-1-2-4-14(11)24-8-12/h1-4,7-9,15-16H,5-6,10,23H2,(H2,26,27,31). The molecule has 4 N–H and O–H groups in total. The van der Waals surface area contributed by atoms with Crippen LogP contribution in [-0.2, 0) is 0 Å². The van der Waals surface area contributed by atoms with E-state index in [9.17, 15) is 4.79 Å². The molecule has 5 heterocycles. The number of piperidine rings is 1. The van der Waals surface area contributed by atoms with Crippen molar-refractivity contribution in [1.82, 2.24) is 30.2 Å². The summed E-state index contributed by atoms with van der Waals surface area (Å²) >= 11 is 3.61. The van der Waals surface area contributed by atoms with Gasteiger partial charge in [-0.1, -0.05) is 18.2 Å². The highest BCUT2D eigenvalue weighted by Gasteiger charge is 2.37. The molecular formula is C21H19BrN8O. The number of urea groups is 1. The summed E-state index contributed by atoms with van der Waals surface area (Å²) in [5.74, 6) is 1.23. The topological polar surface area (TPSA) is 113 Å². The lowest BCUT2D eigenvalue weighted by atomic mass is 10.0. The van der Waals surface area contributed by atoms with E-state index in [1.54, 1.807) is 10.7 Å². The number of para-hydroxylation sites is 1. The maximum Gasteiger partial charge on any atom is 0.315 e. The van der Waals surface area contributed by atoms with Gasteiger partial charge in [-0.25, -0.2) is 9.78 Å². The molecule has 0 bridgehead atoms. The highest BCUT2D eigenvalue weighted by atomic mass is 79.9.